The van der Waals surface area contributed by atoms with E-state index in [-0.39, 0.29) is 51.2 Å². The molecule has 0 aromatic carbocycles. The summed E-state index contributed by atoms with van der Waals surface area (Å²) >= 11 is 0. The highest BCUT2D eigenvalue weighted by Crippen LogP contribution is 2.43. The Hall–Kier alpha value is -3.08. The number of esters is 2. The average Bonchev–Trinajstić information content (AvgIpc) is 3.45. The largest absolute Gasteiger partial charge is 0.472 e. The summed E-state index contributed by atoms with van der Waals surface area (Å²) in [6, 6.07) is 0. The molecule has 0 saturated carbocycles. The monoisotopic (exact) mass is 820 g/mol. The van der Waals surface area contributed by atoms with E-state index in [0.29, 0.717) is 6.42 Å². The molecule has 0 aliphatic carbocycles. The summed E-state index contributed by atoms with van der Waals surface area (Å²) in [5.41, 5.74) is 7.90. The van der Waals surface area contributed by atoms with Crippen LogP contribution in [0.1, 0.15) is 158 Å². The Kier molecular flexibility index (Phi) is 30.8. The molecule has 1 rings (SSSR count). The molecule has 0 spiro atoms. The molecule has 0 aliphatic heterocycles. The van der Waals surface area contributed by atoms with Gasteiger partial charge in [0.2, 0.25) is 0 Å². The number of ketones is 1. The second-order valence-electron chi connectivity index (χ2n) is 14.5. The van der Waals surface area contributed by atoms with Gasteiger partial charge in [0.25, 0.3) is 0 Å². The Morgan fingerprint density at radius 1 is 0.702 bits per heavy atom. The average molecular weight is 820 g/mol. The van der Waals surface area contributed by atoms with Crippen molar-refractivity contribution in [2.45, 2.75) is 169 Å². The van der Waals surface area contributed by atoms with Crippen molar-refractivity contribution in [3.63, 3.8) is 0 Å². The molecule has 0 aliphatic rings. The Morgan fingerprint density at radius 2 is 1.30 bits per heavy atom. The lowest BCUT2D eigenvalue weighted by Crippen LogP contribution is -2.29. The fraction of sp³-hybridized carbons (Fsp3) is 0.667. The summed E-state index contributed by atoms with van der Waals surface area (Å²) in [5, 5.41) is 0. The van der Waals surface area contributed by atoms with Crippen molar-refractivity contribution < 1.29 is 46.8 Å². The van der Waals surface area contributed by atoms with E-state index in [4.69, 9.17) is 28.7 Å². The van der Waals surface area contributed by atoms with E-state index in [0.717, 1.165) is 82.1 Å². The molecule has 1 aromatic heterocycles. The standard InChI is InChI=1S/C45H74NO10P/c1-5-7-9-10-11-12-13-14-15-16-17-20-24-28-40(47)29-27-33-44(48)52-36-41(37-54-57(50,51)53-35-34-46)55-45(49)32-26-22-19-18-21-25-31-43-39(4)38(3)42(56-43)30-23-8-6-2/h11-12,14-15,17,20,24,28,41H,5-10,13,16,18-19,21-23,25-27,29-37,46H2,1-4H3,(H,50,51)/b12-11-,15-14-,20-17-,28-24+/t41-/m1/s1. The third kappa shape index (κ3) is 28.1. The third-order valence-corrected chi connectivity index (χ3v) is 10.4. The van der Waals surface area contributed by atoms with Crippen LogP contribution in [0.25, 0.3) is 0 Å². The van der Waals surface area contributed by atoms with E-state index in [1.165, 1.54) is 49.3 Å². The quantitative estimate of drug-likeness (QED) is 0.0165. The number of ether oxygens (including phenoxy) is 2. The summed E-state index contributed by atoms with van der Waals surface area (Å²) in [4.78, 5) is 47.2. The van der Waals surface area contributed by atoms with Gasteiger partial charge in [-0.3, -0.25) is 23.4 Å². The summed E-state index contributed by atoms with van der Waals surface area (Å²) in [5.74, 6) is 1.01. The van der Waals surface area contributed by atoms with Gasteiger partial charge in [0.1, 0.15) is 18.1 Å². The molecule has 57 heavy (non-hydrogen) atoms. The second-order valence-corrected chi connectivity index (χ2v) is 15.9. The molecule has 1 aromatic rings. The number of rotatable bonds is 36. The van der Waals surface area contributed by atoms with E-state index < -0.39 is 32.5 Å². The van der Waals surface area contributed by atoms with E-state index in [9.17, 15) is 23.8 Å². The molecule has 12 heteroatoms. The maximum atomic E-state index is 12.7. The predicted octanol–water partition coefficient (Wildman–Crippen LogP) is 10.8. The van der Waals surface area contributed by atoms with E-state index in [1.807, 2.05) is 12.2 Å². The number of furan rings is 1. The number of phosphoric acid groups is 1. The van der Waals surface area contributed by atoms with Gasteiger partial charge in [-0.25, -0.2) is 4.57 Å². The van der Waals surface area contributed by atoms with Crippen molar-refractivity contribution >= 4 is 25.5 Å². The number of nitrogens with two attached hydrogens (primary N) is 1. The first-order chi connectivity index (χ1) is 27.5. The number of aryl methyl sites for hydroxylation is 2. The van der Waals surface area contributed by atoms with Crippen molar-refractivity contribution in [1.82, 2.24) is 0 Å². The molecule has 0 fully saturated rings. The first-order valence-electron chi connectivity index (χ1n) is 21.4. The van der Waals surface area contributed by atoms with E-state index >= 15 is 0 Å². The number of phosphoric ester groups is 1. The lowest BCUT2D eigenvalue weighted by Gasteiger charge is -2.19. The third-order valence-electron chi connectivity index (χ3n) is 9.40. The maximum Gasteiger partial charge on any atom is 0.472 e. The van der Waals surface area contributed by atoms with Gasteiger partial charge in [0.15, 0.2) is 11.9 Å². The molecule has 0 radical (unpaired) electrons. The molecule has 3 N–H and O–H groups in total. The highest BCUT2D eigenvalue weighted by atomic mass is 31.2. The van der Waals surface area contributed by atoms with Crippen molar-refractivity contribution in [3.8, 4) is 0 Å². The summed E-state index contributed by atoms with van der Waals surface area (Å²) in [6.07, 6.45) is 32.7. The smallest absolute Gasteiger partial charge is 0.466 e. The zero-order valence-corrected chi connectivity index (χ0v) is 36.4. The van der Waals surface area contributed by atoms with Crippen LogP contribution in [0.4, 0.5) is 0 Å². The second kappa shape index (κ2) is 33.8. The SMILES string of the molecule is CCCCC/C=C\C/C=C\C/C=C\C=C\C(=O)CCCC(=O)OC[C@H](COP(=O)(O)OCCN)OC(=O)CCCCCCCCc1oc(CCCCC)c(C)c1C. The van der Waals surface area contributed by atoms with Gasteiger partial charge in [0.05, 0.1) is 13.2 Å². The number of unbranched alkanes of at least 4 members (excludes halogenated alkanes) is 10. The van der Waals surface area contributed by atoms with Gasteiger partial charge in [-0.1, -0.05) is 108 Å². The Morgan fingerprint density at radius 3 is 1.98 bits per heavy atom. The first kappa shape index (κ1) is 51.9. The van der Waals surface area contributed by atoms with Crippen molar-refractivity contribution in [2.75, 3.05) is 26.4 Å². The molecule has 324 valence electrons. The van der Waals surface area contributed by atoms with Crippen LogP contribution in [0.2, 0.25) is 0 Å². The highest BCUT2D eigenvalue weighted by molar-refractivity contribution is 7.47. The van der Waals surface area contributed by atoms with Crippen LogP contribution in [0.15, 0.2) is 53.0 Å². The van der Waals surface area contributed by atoms with Crippen LogP contribution in [0, 0.1) is 13.8 Å². The number of carbonyl (C=O) groups is 3. The normalized spacial score (nSPS) is 13.6. The Labute approximate surface area is 343 Å². The lowest BCUT2D eigenvalue weighted by molar-refractivity contribution is -0.161. The van der Waals surface area contributed by atoms with Gasteiger partial charge >= 0.3 is 19.8 Å². The fourth-order valence-corrected chi connectivity index (χ4v) is 6.65. The molecule has 0 saturated heterocycles. The summed E-state index contributed by atoms with van der Waals surface area (Å²) in [6.45, 7) is 7.63. The molecule has 1 heterocycles. The number of carbonyl (C=O) groups excluding carboxylic acids is 3. The minimum atomic E-state index is -4.45. The van der Waals surface area contributed by atoms with Crippen LogP contribution in [0.5, 0.6) is 0 Å². The summed E-state index contributed by atoms with van der Waals surface area (Å²) in [7, 11) is -4.45. The Bertz CT molecular complexity index is 1410. The van der Waals surface area contributed by atoms with Crippen LogP contribution >= 0.6 is 7.82 Å². The number of hydrogen-bond acceptors (Lipinski definition) is 10. The van der Waals surface area contributed by atoms with E-state index in [2.05, 4.69) is 52.0 Å². The zero-order chi connectivity index (χ0) is 42.0. The molecule has 1 unspecified atom stereocenters. The topological polar surface area (TPSA) is 165 Å². The number of hydrogen-bond donors (Lipinski definition) is 2. The van der Waals surface area contributed by atoms with Crippen molar-refractivity contribution in [1.29, 1.82) is 0 Å². The van der Waals surface area contributed by atoms with Gasteiger partial charge < -0.3 is 24.5 Å². The van der Waals surface area contributed by atoms with Crippen LogP contribution < -0.4 is 5.73 Å². The van der Waals surface area contributed by atoms with Gasteiger partial charge in [-0.15, -0.1) is 0 Å². The molecular formula is C45H74NO10P. The Balaban J connectivity index is 2.39. The highest BCUT2D eigenvalue weighted by Gasteiger charge is 2.26. The van der Waals surface area contributed by atoms with Gasteiger partial charge in [-0.2, -0.15) is 0 Å². The molecule has 2 atom stereocenters. The first-order valence-corrected chi connectivity index (χ1v) is 22.9. The number of allylic oxidation sites excluding steroid dienone is 8. The van der Waals surface area contributed by atoms with Crippen molar-refractivity contribution in [2.24, 2.45) is 5.73 Å². The van der Waals surface area contributed by atoms with Crippen LogP contribution in [0.3, 0.4) is 0 Å². The summed E-state index contributed by atoms with van der Waals surface area (Å²) < 4.78 is 38.8. The van der Waals surface area contributed by atoms with Crippen LogP contribution in [-0.2, 0) is 50.3 Å². The van der Waals surface area contributed by atoms with Gasteiger partial charge in [0, 0.05) is 38.6 Å². The fourth-order valence-electron chi connectivity index (χ4n) is 5.88. The lowest BCUT2D eigenvalue weighted by atomic mass is 10.0. The molecule has 0 amide bonds. The predicted molar refractivity (Wildman–Crippen MR) is 228 cm³/mol. The maximum absolute atomic E-state index is 12.7. The molecule has 0 bridgehead atoms. The molecular weight excluding hydrogens is 745 g/mol. The zero-order valence-electron chi connectivity index (χ0n) is 35.5. The van der Waals surface area contributed by atoms with Gasteiger partial charge in [-0.05, 0) is 82.4 Å². The van der Waals surface area contributed by atoms with Crippen LogP contribution in [-0.4, -0.2) is 55.1 Å². The van der Waals surface area contributed by atoms with E-state index in [1.54, 1.807) is 6.08 Å². The minimum absolute atomic E-state index is 0.0114. The molecule has 11 nitrogen and oxygen atoms in total. The van der Waals surface area contributed by atoms with Crippen molar-refractivity contribution in [3.05, 3.63) is 71.3 Å². The minimum Gasteiger partial charge on any atom is -0.466 e.